The van der Waals surface area contributed by atoms with E-state index in [1.54, 1.807) is 0 Å². The van der Waals surface area contributed by atoms with Gasteiger partial charge in [-0.1, -0.05) is 78.9 Å². The zero-order valence-electron chi connectivity index (χ0n) is 23.5. The van der Waals surface area contributed by atoms with Crippen molar-refractivity contribution in [3.05, 3.63) is 125 Å². The van der Waals surface area contributed by atoms with Crippen LogP contribution in [0.25, 0.3) is 21.9 Å². The highest BCUT2D eigenvalue weighted by Crippen LogP contribution is 2.63. The van der Waals surface area contributed by atoms with Crippen molar-refractivity contribution in [1.29, 1.82) is 5.26 Å². The van der Waals surface area contributed by atoms with Gasteiger partial charge in [0.2, 0.25) is 0 Å². The number of rotatable bonds is 1. The second-order valence-electron chi connectivity index (χ2n) is 12.2. The fourth-order valence-electron chi connectivity index (χ4n) is 7.00. The minimum absolute atomic E-state index is 0.442. The predicted molar refractivity (Wildman–Crippen MR) is 162 cm³/mol. The van der Waals surface area contributed by atoms with Crippen molar-refractivity contribution in [3.8, 4) is 28.7 Å². The fraction of sp³-hybridized carbons (Fsp3) is 0.194. The minimum Gasteiger partial charge on any atom is -0.457 e. The van der Waals surface area contributed by atoms with E-state index in [4.69, 9.17) is 14.0 Å². The lowest BCUT2D eigenvalue weighted by Gasteiger charge is -2.39. The molecule has 2 heterocycles. The molecule has 1 fully saturated rings. The molecule has 5 aromatic rings. The molecule has 2 aliphatic heterocycles. The molecule has 1 saturated heterocycles. The Labute approximate surface area is 240 Å². The van der Waals surface area contributed by atoms with Crippen LogP contribution in [-0.2, 0) is 14.7 Å². The average molecular weight is 533 g/mol. The summed E-state index contributed by atoms with van der Waals surface area (Å²) in [6.45, 7) is 8.32. The molecule has 41 heavy (non-hydrogen) atoms. The number of benzene rings is 5. The maximum Gasteiger partial charge on any atom is 0.494 e. The first-order valence-corrected chi connectivity index (χ1v) is 14.1. The van der Waals surface area contributed by atoms with Gasteiger partial charge >= 0.3 is 7.12 Å². The zero-order valence-corrected chi connectivity index (χ0v) is 23.5. The Morgan fingerprint density at radius 1 is 0.634 bits per heavy atom. The Morgan fingerprint density at radius 3 is 1.85 bits per heavy atom. The topological polar surface area (TPSA) is 51.5 Å². The summed E-state index contributed by atoms with van der Waals surface area (Å²) in [5.74, 6) is 1.65. The molecule has 5 aromatic carbocycles. The number of hydrogen-bond acceptors (Lipinski definition) is 4. The fourth-order valence-corrected chi connectivity index (χ4v) is 7.00. The standard InChI is InChI=1S/C36H28BNO3/c1-34(2)35(3,4)41-37(40-34)23-17-18-27-26(20-23)33-25-12-6-5-11-24(25)22(21-38)19-30(33)36(27)28-13-7-9-15-31(28)39-32-16-10-8-14-29(32)36/h5-20H,1-4H3. The van der Waals surface area contributed by atoms with Gasteiger partial charge in [-0.25, -0.2) is 0 Å². The van der Waals surface area contributed by atoms with Gasteiger partial charge in [-0.15, -0.1) is 0 Å². The molecule has 1 spiro atoms. The molecule has 0 unspecified atom stereocenters. The second-order valence-corrected chi connectivity index (χ2v) is 12.2. The third-order valence-electron chi connectivity index (χ3n) is 9.61. The molecule has 0 atom stereocenters. The van der Waals surface area contributed by atoms with Crippen molar-refractivity contribution < 1.29 is 14.0 Å². The number of fused-ring (bicyclic) bond motifs is 11. The Bertz CT molecular complexity index is 1910. The van der Waals surface area contributed by atoms with Crippen LogP contribution in [-0.4, -0.2) is 18.3 Å². The van der Waals surface area contributed by atoms with Crippen LogP contribution in [0.4, 0.5) is 0 Å². The monoisotopic (exact) mass is 533 g/mol. The molecule has 0 radical (unpaired) electrons. The molecule has 5 heteroatoms. The Morgan fingerprint density at radius 2 is 1.22 bits per heavy atom. The summed E-state index contributed by atoms with van der Waals surface area (Å²) in [5.41, 5.74) is 6.77. The van der Waals surface area contributed by atoms with Crippen molar-refractivity contribution in [2.75, 3.05) is 0 Å². The molecule has 198 valence electrons. The lowest BCUT2D eigenvalue weighted by Crippen LogP contribution is -2.41. The van der Waals surface area contributed by atoms with E-state index in [9.17, 15) is 5.26 Å². The predicted octanol–water partition coefficient (Wildman–Crippen LogP) is 7.48. The van der Waals surface area contributed by atoms with E-state index in [1.165, 1.54) is 0 Å². The largest absolute Gasteiger partial charge is 0.494 e. The molecule has 3 aliphatic rings. The van der Waals surface area contributed by atoms with E-state index in [0.717, 1.165) is 61.1 Å². The molecule has 4 nitrogen and oxygen atoms in total. The zero-order chi connectivity index (χ0) is 28.1. The van der Waals surface area contributed by atoms with Crippen LogP contribution in [0.3, 0.4) is 0 Å². The lowest BCUT2D eigenvalue weighted by atomic mass is 9.65. The molecular weight excluding hydrogens is 505 g/mol. The maximum absolute atomic E-state index is 10.3. The Balaban J connectivity index is 1.51. The molecule has 0 aromatic heterocycles. The second kappa shape index (κ2) is 8.10. The summed E-state index contributed by atoms with van der Waals surface area (Å²) < 4.78 is 19.5. The van der Waals surface area contributed by atoms with Crippen LogP contribution >= 0.6 is 0 Å². The van der Waals surface area contributed by atoms with E-state index in [1.807, 2.05) is 36.4 Å². The number of nitriles is 1. The molecule has 0 saturated carbocycles. The molecular formula is C36H28BNO3. The minimum atomic E-state index is -0.653. The van der Waals surface area contributed by atoms with E-state index in [-0.39, 0.29) is 0 Å². The van der Waals surface area contributed by atoms with Crippen molar-refractivity contribution in [3.63, 3.8) is 0 Å². The summed E-state index contributed by atoms with van der Waals surface area (Å²) >= 11 is 0. The van der Waals surface area contributed by atoms with E-state index < -0.39 is 23.7 Å². The highest BCUT2D eigenvalue weighted by Gasteiger charge is 2.54. The third-order valence-corrected chi connectivity index (χ3v) is 9.61. The lowest BCUT2D eigenvalue weighted by molar-refractivity contribution is 0.00578. The molecule has 8 rings (SSSR count). The Kier molecular flexibility index (Phi) is 4.83. The average Bonchev–Trinajstić information content (AvgIpc) is 3.39. The van der Waals surface area contributed by atoms with Crippen LogP contribution in [0.1, 0.15) is 55.5 Å². The van der Waals surface area contributed by atoms with Crippen LogP contribution < -0.4 is 10.2 Å². The summed E-state index contributed by atoms with van der Waals surface area (Å²) in [4.78, 5) is 0. The van der Waals surface area contributed by atoms with Crippen molar-refractivity contribution in [2.24, 2.45) is 0 Å². The van der Waals surface area contributed by atoms with Gasteiger partial charge in [-0.2, -0.15) is 5.26 Å². The first-order valence-electron chi connectivity index (χ1n) is 14.1. The van der Waals surface area contributed by atoms with Gasteiger partial charge in [-0.05, 0) is 79.0 Å². The summed E-state index contributed by atoms with van der Waals surface area (Å²) in [5, 5.41) is 12.4. The smallest absolute Gasteiger partial charge is 0.457 e. The summed E-state index contributed by atoms with van der Waals surface area (Å²) in [6.07, 6.45) is 0. The van der Waals surface area contributed by atoms with Crippen molar-refractivity contribution in [2.45, 2.75) is 44.3 Å². The van der Waals surface area contributed by atoms with Crippen molar-refractivity contribution >= 4 is 23.4 Å². The normalized spacial score (nSPS) is 18.3. The van der Waals surface area contributed by atoms with E-state index in [2.05, 4.69) is 94.4 Å². The van der Waals surface area contributed by atoms with Crippen LogP contribution in [0, 0.1) is 11.3 Å². The summed E-state index contributed by atoms with van der Waals surface area (Å²) in [6, 6.07) is 36.0. The van der Waals surface area contributed by atoms with E-state index in [0.29, 0.717) is 5.56 Å². The van der Waals surface area contributed by atoms with Gasteiger partial charge in [0.05, 0.1) is 28.2 Å². The quantitative estimate of drug-likeness (QED) is 0.205. The SMILES string of the molecule is CC1(C)OB(c2ccc3c(c2)-c2c(cc(C#N)c4ccccc24)C32c3ccccc3Oc3ccccc32)OC1(C)C. The molecule has 1 aliphatic carbocycles. The van der Waals surface area contributed by atoms with Gasteiger partial charge < -0.3 is 14.0 Å². The van der Waals surface area contributed by atoms with Crippen molar-refractivity contribution in [1.82, 2.24) is 0 Å². The first kappa shape index (κ1) is 24.4. The van der Waals surface area contributed by atoms with Gasteiger partial charge in [0.15, 0.2) is 0 Å². The number of hydrogen-bond donors (Lipinski definition) is 0. The summed E-state index contributed by atoms with van der Waals surface area (Å²) in [7, 11) is -0.482. The Hall–Kier alpha value is -4.37. The van der Waals surface area contributed by atoms with Gasteiger partial charge in [0, 0.05) is 16.5 Å². The number of nitrogens with zero attached hydrogens (tertiary/aromatic N) is 1. The third kappa shape index (κ3) is 3.07. The van der Waals surface area contributed by atoms with Gasteiger partial charge in [0.1, 0.15) is 11.5 Å². The van der Waals surface area contributed by atoms with Crippen LogP contribution in [0.2, 0.25) is 0 Å². The first-order chi connectivity index (χ1) is 19.8. The molecule has 0 N–H and O–H groups in total. The van der Waals surface area contributed by atoms with E-state index >= 15 is 0 Å². The maximum atomic E-state index is 10.3. The van der Waals surface area contributed by atoms with Crippen LogP contribution in [0.5, 0.6) is 11.5 Å². The number of ether oxygens (including phenoxy) is 1. The van der Waals surface area contributed by atoms with Crippen LogP contribution in [0.15, 0.2) is 97.1 Å². The van der Waals surface area contributed by atoms with Gasteiger partial charge in [0.25, 0.3) is 0 Å². The number of para-hydroxylation sites is 2. The molecule has 0 bridgehead atoms. The highest BCUT2D eigenvalue weighted by atomic mass is 16.7. The highest BCUT2D eigenvalue weighted by molar-refractivity contribution is 6.62. The molecule has 0 amide bonds. The van der Waals surface area contributed by atoms with Gasteiger partial charge in [-0.3, -0.25) is 0 Å².